The van der Waals surface area contributed by atoms with Gasteiger partial charge in [0, 0.05) is 6.08 Å². The highest BCUT2D eigenvalue weighted by Gasteiger charge is 2.54. The van der Waals surface area contributed by atoms with Gasteiger partial charge < -0.3 is 10.2 Å². The van der Waals surface area contributed by atoms with Crippen LogP contribution in [0, 0.1) is 23.2 Å². The van der Waals surface area contributed by atoms with Crippen molar-refractivity contribution in [3.05, 3.63) is 12.7 Å². The molecule has 4 bridgehead atoms. The third-order valence-electron chi connectivity index (χ3n) is 4.67. The Morgan fingerprint density at radius 1 is 1.00 bits per heavy atom. The number of carbonyl (C=O) groups is 2. The van der Waals surface area contributed by atoms with Crippen molar-refractivity contribution in [2.24, 2.45) is 23.2 Å². The molecule has 4 saturated carbocycles. The van der Waals surface area contributed by atoms with Crippen LogP contribution < -0.4 is 0 Å². The van der Waals surface area contributed by atoms with Crippen LogP contribution in [-0.4, -0.2) is 22.2 Å². The second-order valence-electron chi connectivity index (χ2n) is 6.05. The zero-order chi connectivity index (χ0) is 13.3. The Hall–Kier alpha value is -1.32. The molecule has 0 aliphatic heterocycles. The van der Waals surface area contributed by atoms with E-state index in [0.717, 1.165) is 43.1 Å². The highest BCUT2D eigenvalue weighted by molar-refractivity contribution is 5.78. The molecule has 0 heterocycles. The summed E-state index contributed by atoms with van der Waals surface area (Å²) in [6.45, 7) is 2.96. The highest BCUT2D eigenvalue weighted by Crippen LogP contribution is 2.59. The van der Waals surface area contributed by atoms with Gasteiger partial charge in [0.05, 0.1) is 5.41 Å². The van der Waals surface area contributed by atoms with Crippen molar-refractivity contribution in [1.29, 1.82) is 0 Å². The molecule has 0 radical (unpaired) electrons. The van der Waals surface area contributed by atoms with E-state index in [1.54, 1.807) is 0 Å². The first-order valence-corrected chi connectivity index (χ1v) is 6.54. The first kappa shape index (κ1) is 13.1. The molecule has 0 unspecified atom stereocenters. The number of aliphatic carboxylic acids is 2. The SMILES string of the molecule is C=CC(=O)O.O=C(O)C12CC3CC(CC(C3)C1)C2. The maximum absolute atomic E-state index is 11.3. The van der Waals surface area contributed by atoms with Gasteiger partial charge in [0.25, 0.3) is 0 Å². The average molecular weight is 252 g/mol. The Balaban J connectivity index is 0.000000209. The molecule has 4 heteroatoms. The molecule has 4 rings (SSSR count). The van der Waals surface area contributed by atoms with E-state index in [9.17, 15) is 14.7 Å². The first-order valence-electron chi connectivity index (χ1n) is 6.54. The third-order valence-corrected chi connectivity index (χ3v) is 4.67. The van der Waals surface area contributed by atoms with Crippen LogP contribution in [0.4, 0.5) is 0 Å². The molecule has 18 heavy (non-hydrogen) atoms. The van der Waals surface area contributed by atoms with Crippen LogP contribution in [0.3, 0.4) is 0 Å². The maximum Gasteiger partial charge on any atom is 0.327 e. The summed E-state index contributed by atoms with van der Waals surface area (Å²) >= 11 is 0. The van der Waals surface area contributed by atoms with Gasteiger partial charge in [-0.05, 0) is 56.3 Å². The second-order valence-corrected chi connectivity index (χ2v) is 6.05. The second kappa shape index (κ2) is 4.75. The molecule has 0 aromatic rings. The Bertz CT molecular complexity index is 337. The van der Waals surface area contributed by atoms with Gasteiger partial charge in [0.2, 0.25) is 0 Å². The van der Waals surface area contributed by atoms with E-state index < -0.39 is 11.9 Å². The van der Waals surface area contributed by atoms with Crippen molar-refractivity contribution in [2.75, 3.05) is 0 Å². The topological polar surface area (TPSA) is 74.6 Å². The Morgan fingerprint density at radius 2 is 1.33 bits per heavy atom. The van der Waals surface area contributed by atoms with Crippen molar-refractivity contribution in [1.82, 2.24) is 0 Å². The number of rotatable bonds is 2. The minimum atomic E-state index is -0.981. The quantitative estimate of drug-likeness (QED) is 0.741. The Kier molecular flexibility index (Phi) is 3.46. The fourth-order valence-corrected chi connectivity index (χ4v) is 4.37. The van der Waals surface area contributed by atoms with E-state index in [-0.39, 0.29) is 5.41 Å². The molecular formula is C14H20O4. The minimum absolute atomic E-state index is 0.283. The summed E-state index contributed by atoms with van der Waals surface area (Å²) in [5, 5.41) is 16.9. The summed E-state index contributed by atoms with van der Waals surface area (Å²) in [7, 11) is 0. The van der Waals surface area contributed by atoms with Gasteiger partial charge >= 0.3 is 11.9 Å². The van der Waals surface area contributed by atoms with E-state index >= 15 is 0 Å². The fourth-order valence-electron chi connectivity index (χ4n) is 4.37. The van der Waals surface area contributed by atoms with E-state index in [1.165, 1.54) is 19.3 Å². The van der Waals surface area contributed by atoms with Crippen molar-refractivity contribution in [3.8, 4) is 0 Å². The smallest absolute Gasteiger partial charge is 0.327 e. The lowest BCUT2D eigenvalue weighted by Crippen LogP contribution is -2.49. The van der Waals surface area contributed by atoms with Crippen molar-refractivity contribution in [2.45, 2.75) is 38.5 Å². The first-order chi connectivity index (χ1) is 8.45. The fraction of sp³-hybridized carbons (Fsp3) is 0.714. The van der Waals surface area contributed by atoms with Crippen molar-refractivity contribution >= 4 is 11.9 Å². The lowest BCUT2D eigenvalue weighted by molar-refractivity contribution is -0.164. The standard InChI is InChI=1S/C11H16O2.C3H4O2/c12-10(13)11-4-7-1-8(5-11)3-9(2-7)6-11;1-2-3(4)5/h7-9H,1-6H2,(H,12,13);2H,1H2,(H,4,5). The zero-order valence-corrected chi connectivity index (χ0v) is 10.5. The minimum Gasteiger partial charge on any atom is -0.481 e. The normalized spacial score (nSPS) is 39.7. The zero-order valence-electron chi connectivity index (χ0n) is 10.5. The maximum atomic E-state index is 11.3. The van der Waals surface area contributed by atoms with Gasteiger partial charge in [-0.2, -0.15) is 0 Å². The van der Waals surface area contributed by atoms with E-state index in [1.807, 2.05) is 0 Å². The molecular weight excluding hydrogens is 232 g/mol. The van der Waals surface area contributed by atoms with Crippen molar-refractivity contribution in [3.63, 3.8) is 0 Å². The van der Waals surface area contributed by atoms with Gasteiger partial charge in [-0.15, -0.1) is 0 Å². The molecule has 4 nitrogen and oxygen atoms in total. The number of hydrogen-bond donors (Lipinski definition) is 2. The van der Waals surface area contributed by atoms with Crippen LogP contribution in [-0.2, 0) is 9.59 Å². The summed E-state index contributed by atoms with van der Waals surface area (Å²) in [5.41, 5.74) is -0.283. The summed E-state index contributed by atoms with van der Waals surface area (Å²) in [4.78, 5) is 20.5. The van der Waals surface area contributed by atoms with Gasteiger partial charge in [0.1, 0.15) is 0 Å². The largest absolute Gasteiger partial charge is 0.481 e. The van der Waals surface area contributed by atoms with Gasteiger partial charge in [-0.25, -0.2) is 4.79 Å². The monoisotopic (exact) mass is 252 g/mol. The van der Waals surface area contributed by atoms with Crippen LogP contribution in [0.2, 0.25) is 0 Å². The van der Waals surface area contributed by atoms with Crippen LogP contribution >= 0.6 is 0 Å². The number of carboxylic acid groups (broad SMARTS) is 2. The Morgan fingerprint density at radius 3 is 1.56 bits per heavy atom. The molecule has 100 valence electrons. The molecule has 0 saturated heterocycles. The summed E-state index contributed by atoms with van der Waals surface area (Å²) in [5.74, 6) is 0.767. The van der Waals surface area contributed by atoms with Crippen LogP contribution in [0.25, 0.3) is 0 Å². The lowest BCUT2D eigenvalue weighted by Gasteiger charge is -2.54. The van der Waals surface area contributed by atoms with Crippen molar-refractivity contribution < 1.29 is 19.8 Å². The molecule has 4 aliphatic carbocycles. The van der Waals surface area contributed by atoms with Gasteiger partial charge in [-0.1, -0.05) is 6.58 Å². The summed E-state index contributed by atoms with van der Waals surface area (Å²) in [6.07, 6.45) is 7.75. The van der Waals surface area contributed by atoms with Crippen LogP contribution in [0.1, 0.15) is 38.5 Å². The average Bonchev–Trinajstić information content (AvgIpc) is 2.27. The van der Waals surface area contributed by atoms with E-state index in [4.69, 9.17) is 5.11 Å². The highest BCUT2D eigenvalue weighted by atomic mass is 16.4. The third kappa shape index (κ3) is 2.42. The number of hydrogen-bond acceptors (Lipinski definition) is 2. The predicted octanol–water partition coefficient (Wildman–Crippen LogP) is 2.54. The van der Waals surface area contributed by atoms with E-state index in [2.05, 4.69) is 6.58 Å². The van der Waals surface area contributed by atoms with Crippen LogP contribution in [0.15, 0.2) is 12.7 Å². The molecule has 0 atom stereocenters. The van der Waals surface area contributed by atoms with E-state index in [0.29, 0.717) is 0 Å². The van der Waals surface area contributed by atoms with Gasteiger partial charge in [0.15, 0.2) is 0 Å². The van der Waals surface area contributed by atoms with Crippen LogP contribution in [0.5, 0.6) is 0 Å². The molecule has 4 aliphatic rings. The molecule has 4 fully saturated rings. The van der Waals surface area contributed by atoms with Gasteiger partial charge in [-0.3, -0.25) is 4.79 Å². The predicted molar refractivity (Wildman–Crippen MR) is 66.1 cm³/mol. The number of carboxylic acids is 2. The Labute approximate surface area is 107 Å². The lowest BCUT2D eigenvalue weighted by atomic mass is 9.49. The molecule has 0 aromatic carbocycles. The summed E-state index contributed by atoms with van der Waals surface area (Å²) in [6, 6.07) is 0. The molecule has 0 aromatic heterocycles. The molecule has 0 amide bonds. The molecule has 2 N–H and O–H groups in total. The summed E-state index contributed by atoms with van der Waals surface area (Å²) < 4.78 is 0. The molecule has 0 spiro atoms.